The van der Waals surface area contributed by atoms with Crippen molar-refractivity contribution in [2.45, 2.75) is 40.0 Å². The summed E-state index contributed by atoms with van der Waals surface area (Å²) in [7, 11) is 0. The lowest BCUT2D eigenvalue weighted by molar-refractivity contribution is -0.00289. The second kappa shape index (κ2) is 18.6. The maximum atomic E-state index is 5.88. The largest absolute Gasteiger partial charge is 0.379 e. The molecule has 0 unspecified atom stereocenters. The molecular formula is C30H39NO6. The fraction of sp³-hybridized carbons (Fsp3) is 0.433. The Morgan fingerprint density at radius 1 is 0.432 bits per heavy atom. The molecule has 3 aromatic rings. The van der Waals surface area contributed by atoms with Crippen LogP contribution in [0, 0.1) is 0 Å². The second-order valence-electron chi connectivity index (χ2n) is 8.38. The molecule has 200 valence electrons. The zero-order valence-electron chi connectivity index (χ0n) is 21.8. The zero-order chi connectivity index (χ0) is 25.8. The molecule has 0 spiro atoms. The normalized spacial score (nSPS) is 11.2. The van der Waals surface area contributed by atoms with Crippen LogP contribution < -0.4 is 0 Å². The van der Waals surface area contributed by atoms with Crippen molar-refractivity contribution < 1.29 is 28.4 Å². The minimum Gasteiger partial charge on any atom is -0.379 e. The van der Waals surface area contributed by atoms with Crippen molar-refractivity contribution >= 4 is 0 Å². The van der Waals surface area contributed by atoms with E-state index >= 15 is 0 Å². The van der Waals surface area contributed by atoms with E-state index in [4.69, 9.17) is 28.4 Å². The molecule has 0 amide bonds. The number of nitrogens with zero attached hydrogens (tertiary/aromatic N) is 1. The van der Waals surface area contributed by atoms with Crippen LogP contribution in [0.1, 0.15) is 35.0 Å². The van der Waals surface area contributed by atoms with Gasteiger partial charge in [-0.15, -0.1) is 0 Å². The Morgan fingerprint density at radius 3 is 1.43 bits per heavy atom. The molecule has 0 aliphatic heterocycles. The van der Waals surface area contributed by atoms with E-state index in [1.807, 2.05) is 43.3 Å². The molecule has 1 heterocycles. The molecule has 37 heavy (non-hydrogen) atoms. The fourth-order valence-electron chi connectivity index (χ4n) is 3.43. The Hall–Kier alpha value is -2.65. The first-order chi connectivity index (χ1) is 18.3. The SMILES string of the molecule is CCOCCOCCOCCOCc1ccc(COCc2cccc(COCc3ccccc3)n2)cc1. The molecular weight excluding hydrogens is 470 g/mol. The molecule has 0 N–H and O–H groups in total. The Morgan fingerprint density at radius 2 is 0.892 bits per heavy atom. The lowest BCUT2D eigenvalue weighted by Crippen LogP contribution is -2.11. The van der Waals surface area contributed by atoms with Crippen molar-refractivity contribution in [2.24, 2.45) is 0 Å². The highest BCUT2D eigenvalue weighted by atomic mass is 16.6. The summed E-state index contributed by atoms with van der Waals surface area (Å²) >= 11 is 0. The van der Waals surface area contributed by atoms with Crippen LogP contribution in [0.5, 0.6) is 0 Å². The molecule has 0 saturated heterocycles. The Bertz CT molecular complexity index is 967. The summed E-state index contributed by atoms with van der Waals surface area (Å²) in [5, 5.41) is 0. The second-order valence-corrected chi connectivity index (χ2v) is 8.38. The standard InChI is InChI=1S/C30H39NO6/c1-2-32-15-16-33-17-18-34-19-20-35-21-27-11-13-28(14-12-27)23-37-25-30-10-6-9-29(31-30)24-36-22-26-7-4-3-5-8-26/h3-14H,2,15-25H2,1H3. The van der Waals surface area contributed by atoms with Gasteiger partial charge in [0, 0.05) is 6.61 Å². The average Bonchev–Trinajstić information content (AvgIpc) is 2.93. The minimum absolute atomic E-state index is 0.453. The van der Waals surface area contributed by atoms with Crippen LogP contribution in [-0.2, 0) is 61.5 Å². The summed E-state index contributed by atoms with van der Waals surface area (Å²) in [6.07, 6.45) is 0. The summed E-state index contributed by atoms with van der Waals surface area (Å²) in [6.45, 7) is 8.72. The summed E-state index contributed by atoms with van der Waals surface area (Å²) < 4.78 is 33.5. The van der Waals surface area contributed by atoms with Gasteiger partial charge in [0.05, 0.1) is 84.1 Å². The Kier molecular flexibility index (Phi) is 14.5. The summed E-state index contributed by atoms with van der Waals surface area (Å²) in [4.78, 5) is 4.64. The fourth-order valence-corrected chi connectivity index (χ4v) is 3.43. The van der Waals surface area contributed by atoms with Gasteiger partial charge in [-0.3, -0.25) is 4.98 Å². The van der Waals surface area contributed by atoms with E-state index in [0.29, 0.717) is 79.3 Å². The highest BCUT2D eigenvalue weighted by Gasteiger charge is 2.02. The van der Waals surface area contributed by atoms with Gasteiger partial charge < -0.3 is 28.4 Å². The molecule has 0 atom stereocenters. The highest BCUT2D eigenvalue weighted by molar-refractivity contribution is 5.21. The van der Waals surface area contributed by atoms with Crippen molar-refractivity contribution in [1.29, 1.82) is 0 Å². The number of rotatable bonds is 20. The third-order valence-corrected chi connectivity index (χ3v) is 5.36. The van der Waals surface area contributed by atoms with Crippen LogP contribution in [0.4, 0.5) is 0 Å². The van der Waals surface area contributed by atoms with E-state index in [1.54, 1.807) is 0 Å². The molecule has 0 radical (unpaired) electrons. The van der Waals surface area contributed by atoms with Crippen molar-refractivity contribution in [3.05, 3.63) is 101 Å². The number of pyridine rings is 1. The van der Waals surface area contributed by atoms with Gasteiger partial charge in [-0.05, 0) is 35.7 Å². The molecule has 0 aliphatic carbocycles. The van der Waals surface area contributed by atoms with E-state index in [-0.39, 0.29) is 0 Å². The molecule has 7 heteroatoms. The van der Waals surface area contributed by atoms with Crippen LogP contribution in [0.25, 0.3) is 0 Å². The smallest absolute Gasteiger partial charge is 0.0892 e. The molecule has 0 bridgehead atoms. The van der Waals surface area contributed by atoms with Crippen LogP contribution in [0.15, 0.2) is 72.8 Å². The number of hydrogen-bond donors (Lipinski definition) is 0. The topological polar surface area (TPSA) is 68.3 Å². The van der Waals surface area contributed by atoms with Crippen molar-refractivity contribution in [1.82, 2.24) is 4.98 Å². The number of hydrogen-bond acceptors (Lipinski definition) is 7. The average molecular weight is 510 g/mol. The van der Waals surface area contributed by atoms with E-state index in [1.165, 1.54) is 0 Å². The van der Waals surface area contributed by atoms with Crippen LogP contribution in [0.2, 0.25) is 0 Å². The summed E-state index contributed by atoms with van der Waals surface area (Å²) in [5.41, 5.74) is 5.17. The maximum absolute atomic E-state index is 5.88. The molecule has 7 nitrogen and oxygen atoms in total. The molecule has 3 rings (SSSR count). The van der Waals surface area contributed by atoms with Gasteiger partial charge >= 0.3 is 0 Å². The molecule has 2 aromatic carbocycles. The number of ether oxygens (including phenoxy) is 6. The van der Waals surface area contributed by atoms with Gasteiger partial charge in [-0.2, -0.15) is 0 Å². The molecule has 0 aliphatic rings. The Balaban J connectivity index is 1.23. The van der Waals surface area contributed by atoms with Crippen molar-refractivity contribution in [2.75, 3.05) is 46.2 Å². The molecule has 0 fully saturated rings. The van der Waals surface area contributed by atoms with Crippen molar-refractivity contribution in [3.8, 4) is 0 Å². The van der Waals surface area contributed by atoms with Gasteiger partial charge in [0.2, 0.25) is 0 Å². The maximum Gasteiger partial charge on any atom is 0.0892 e. The Labute approximate surface area is 220 Å². The third kappa shape index (κ3) is 12.9. The van der Waals surface area contributed by atoms with E-state index in [9.17, 15) is 0 Å². The van der Waals surface area contributed by atoms with Crippen molar-refractivity contribution in [3.63, 3.8) is 0 Å². The molecule has 0 saturated carbocycles. The van der Waals surface area contributed by atoms with E-state index in [2.05, 4.69) is 41.4 Å². The lowest BCUT2D eigenvalue weighted by Gasteiger charge is -2.09. The monoisotopic (exact) mass is 509 g/mol. The minimum atomic E-state index is 0.453. The lowest BCUT2D eigenvalue weighted by atomic mass is 10.1. The first-order valence-corrected chi connectivity index (χ1v) is 12.9. The van der Waals surface area contributed by atoms with Gasteiger partial charge in [-0.1, -0.05) is 60.7 Å². The van der Waals surface area contributed by atoms with Gasteiger partial charge in [-0.25, -0.2) is 0 Å². The van der Waals surface area contributed by atoms with Crippen LogP contribution in [0.3, 0.4) is 0 Å². The molecule has 1 aromatic heterocycles. The first kappa shape index (κ1) is 28.9. The third-order valence-electron chi connectivity index (χ3n) is 5.36. The van der Waals surface area contributed by atoms with Gasteiger partial charge in [0.25, 0.3) is 0 Å². The number of aromatic nitrogens is 1. The highest BCUT2D eigenvalue weighted by Crippen LogP contribution is 2.10. The van der Waals surface area contributed by atoms with Gasteiger partial charge in [0.1, 0.15) is 0 Å². The summed E-state index contributed by atoms with van der Waals surface area (Å²) in [6, 6.07) is 24.3. The van der Waals surface area contributed by atoms with Crippen LogP contribution >= 0.6 is 0 Å². The number of benzene rings is 2. The van der Waals surface area contributed by atoms with E-state index < -0.39 is 0 Å². The zero-order valence-corrected chi connectivity index (χ0v) is 21.8. The summed E-state index contributed by atoms with van der Waals surface area (Å²) in [5.74, 6) is 0. The predicted octanol–water partition coefficient (Wildman–Crippen LogP) is 5.10. The quantitative estimate of drug-likeness (QED) is 0.196. The van der Waals surface area contributed by atoms with Gasteiger partial charge in [0.15, 0.2) is 0 Å². The first-order valence-electron chi connectivity index (χ1n) is 12.9. The predicted molar refractivity (Wildman–Crippen MR) is 142 cm³/mol. The van der Waals surface area contributed by atoms with Crippen LogP contribution in [-0.4, -0.2) is 51.2 Å². The van der Waals surface area contributed by atoms with E-state index in [0.717, 1.165) is 28.1 Å².